The summed E-state index contributed by atoms with van der Waals surface area (Å²) in [6.45, 7) is 4.43. The van der Waals surface area contributed by atoms with Crippen molar-refractivity contribution in [3.05, 3.63) is 22.1 Å². The molecule has 84 valence electrons. The molecule has 5 heteroatoms. The molecule has 0 amide bonds. The Morgan fingerprint density at radius 1 is 1.67 bits per heavy atom. The van der Waals surface area contributed by atoms with Crippen LogP contribution >= 0.6 is 0 Å². The maximum Gasteiger partial charge on any atom is 0.269 e. The van der Waals surface area contributed by atoms with Crippen molar-refractivity contribution in [3.8, 4) is 0 Å². The van der Waals surface area contributed by atoms with Crippen LogP contribution in [0.4, 0.5) is 5.69 Å². The molecule has 0 bridgehead atoms. The van der Waals surface area contributed by atoms with Gasteiger partial charge in [0.1, 0.15) is 0 Å². The van der Waals surface area contributed by atoms with Crippen LogP contribution < -0.4 is 10.5 Å². The van der Waals surface area contributed by atoms with Gasteiger partial charge in [-0.1, -0.05) is 0 Å². The van der Waals surface area contributed by atoms with Crippen LogP contribution in [0.25, 0.3) is 0 Å². The van der Waals surface area contributed by atoms with Gasteiger partial charge in [-0.3, -0.25) is 4.79 Å². The molecular formula is C10H17N3O2. The third kappa shape index (κ3) is 2.56. The zero-order chi connectivity index (χ0) is 11.4. The second kappa shape index (κ2) is 4.93. The van der Waals surface area contributed by atoms with Gasteiger partial charge in [0.2, 0.25) is 0 Å². The molecule has 1 aromatic rings. The van der Waals surface area contributed by atoms with E-state index in [1.807, 2.05) is 18.9 Å². The number of aromatic amines is 1. The monoisotopic (exact) mass is 211 g/mol. The van der Waals surface area contributed by atoms with Gasteiger partial charge in [0.15, 0.2) is 0 Å². The number of H-pyrrole nitrogens is 1. The smallest absolute Gasteiger partial charge is 0.269 e. The van der Waals surface area contributed by atoms with E-state index in [9.17, 15) is 4.79 Å². The maximum atomic E-state index is 11.3. The van der Waals surface area contributed by atoms with Crippen molar-refractivity contribution in [1.29, 1.82) is 0 Å². The van der Waals surface area contributed by atoms with Crippen LogP contribution in [0.5, 0.6) is 0 Å². The Balaban J connectivity index is 2.95. The van der Waals surface area contributed by atoms with Crippen molar-refractivity contribution in [2.24, 2.45) is 0 Å². The molecule has 1 aromatic heterocycles. The zero-order valence-corrected chi connectivity index (χ0v) is 9.57. The lowest BCUT2D eigenvalue weighted by Crippen LogP contribution is -2.34. The first-order valence-corrected chi connectivity index (χ1v) is 4.84. The topological polar surface area (TPSA) is 58.2 Å². The third-order valence-corrected chi connectivity index (χ3v) is 2.53. The van der Waals surface area contributed by atoms with Gasteiger partial charge in [-0.2, -0.15) is 5.10 Å². The Morgan fingerprint density at radius 3 is 2.93 bits per heavy atom. The van der Waals surface area contributed by atoms with Crippen LogP contribution in [0.1, 0.15) is 12.5 Å². The van der Waals surface area contributed by atoms with Gasteiger partial charge in [0.05, 0.1) is 18.5 Å². The summed E-state index contributed by atoms with van der Waals surface area (Å²) in [5, 5.41) is 6.19. The Bertz CT molecular complexity index is 375. The van der Waals surface area contributed by atoms with Crippen LogP contribution in [0.2, 0.25) is 0 Å². The first-order valence-electron chi connectivity index (χ1n) is 4.84. The molecule has 0 unspecified atom stereocenters. The van der Waals surface area contributed by atoms with Gasteiger partial charge < -0.3 is 9.64 Å². The quantitative estimate of drug-likeness (QED) is 0.790. The Labute approximate surface area is 89.1 Å². The largest absolute Gasteiger partial charge is 0.383 e. The molecule has 0 spiro atoms. The van der Waals surface area contributed by atoms with Gasteiger partial charge >= 0.3 is 0 Å². The van der Waals surface area contributed by atoms with Crippen molar-refractivity contribution in [2.75, 3.05) is 25.7 Å². The van der Waals surface area contributed by atoms with Crippen molar-refractivity contribution < 1.29 is 4.74 Å². The second-order valence-electron chi connectivity index (χ2n) is 3.62. The second-order valence-corrected chi connectivity index (χ2v) is 3.62. The highest BCUT2D eigenvalue weighted by atomic mass is 16.5. The molecule has 5 nitrogen and oxygen atoms in total. The van der Waals surface area contributed by atoms with Crippen LogP contribution in [-0.4, -0.2) is 37.0 Å². The summed E-state index contributed by atoms with van der Waals surface area (Å²) >= 11 is 0. The summed E-state index contributed by atoms with van der Waals surface area (Å²) in [6, 6.07) is 0.206. The SMILES string of the molecule is COC[C@H](C)N(C)c1cn[nH]c(=O)c1C. The summed E-state index contributed by atoms with van der Waals surface area (Å²) in [6.07, 6.45) is 1.66. The van der Waals surface area contributed by atoms with Gasteiger partial charge in [0.25, 0.3) is 5.56 Å². The van der Waals surface area contributed by atoms with Crippen molar-refractivity contribution in [2.45, 2.75) is 19.9 Å². The standard InChI is InChI=1S/C10H17N3O2/c1-7(6-15-4)13(3)9-5-11-12-10(14)8(9)2/h5,7H,6H2,1-4H3,(H,12,14)/t7-/m0/s1. The van der Waals surface area contributed by atoms with Crippen molar-refractivity contribution in [3.63, 3.8) is 0 Å². The first kappa shape index (κ1) is 11.7. The zero-order valence-electron chi connectivity index (χ0n) is 9.57. The Morgan fingerprint density at radius 2 is 2.33 bits per heavy atom. The van der Waals surface area contributed by atoms with E-state index < -0.39 is 0 Å². The lowest BCUT2D eigenvalue weighted by molar-refractivity contribution is 0.183. The molecule has 1 N–H and O–H groups in total. The molecule has 0 radical (unpaired) electrons. The molecule has 1 heterocycles. The number of nitrogens with one attached hydrogen (secondary N) is 1. The number of likely N-dealkylation sites (N-methyl/N-ethyl adjacent to an activating group) is 1. The highest BCUT2D eigenvalue weighted by molar-refractivity contribution is 5.49. The van der Waals surface area contributed by atoms with Gasteiger partial charge in [-0.25, -0.2) is 5.10 Å². The average Bonchev–Trinajstić information content (AvgIpc) is 2.21. The number of hydrogen-bond acceptors (Lipinski definition) is 4. The van der Waals surface area contributed by atoms with Crippen LogP contribution in [-0.2, 0) is 4.74 Å². The van der Waals surface area contributed by atoms with Gasteiger partial charge in [-0.05, 0) is 13.8 Å². The minimum Gasteiger partial charge on any atom is -0.383 e. The predicted octanol–water partition coefficient (Wildman–Crippen LogP) is 0.549. The first-order chi connectivity index (χ1) is 7.07. The molecule has 0 aliphatic carbocycles. The fourth-order valence-corrected chi connectivity index (χ4v) is 1.40. The van der Waals surface area contributed by atoms with E-state index in [0.29, 0.717) is 12.2 Å². The highest BCUT2D eigenvalue weighted by Crippen LogP contribution is 2.15. The number of rotatable bonds is 4. The van der Waals surface area contributed by atoms with Crippen molar-refractivity contribution in [1.82, 2.24) is 10.2 Å². The third-order valence-electron chi connectivity index (χ3n) is 2.53. The van der Waals surface area contributed by atoms with Gasteiger partial charge in [0, 0.05) is 25.8 Å². The summed E-state index contributed by atoms with van der Waals surface area (Å²) in [5.74, 6) is 0. The minimum atomic E-state index is -0.149. The Hall–Kier alpha value is -1.36. The maximum absolute atomic E-state index is 11.3. The molecule has 0 fully saturated rings. The summed E-state index contributed by atoms with van der Waals surface area (Å²) in [7, 11) is 3.58. The van der Waals surface area contributed by atoms with Crippen LogP contribution in [0, 0.1) is 6.92 Å². The number of anilines is 1. The van der Waals surface area contributed by atoms with E-state index >= 15 is 0 Å². The Kier molecular flexibility index (Phi) is 3.85. The normalized spacial score (nSPS) is 12.5. The van der Waals surface area contributed by atoms with Gasteiger partial charge in [-0.15, -0.1) is 0 Å². The highest BCUT2D eigenvalue weighted by Gasteiger charge is 2.13. The molecule has 0 saturated heterocycles. The molecule has 0 aliphatic rings. The fourth-order valence-electron chi connectivity index (χ4n) is 1.40. The summed E-state index contributed by atoms with van der Waals surface area (Å²) < 4.78 is 5.07. The molecular weight excluding hydrogens is 194 g/mol. The molecule has 1 atom stereocenters. The van der Waals surface area contributed by atoms with E-state index in [1.54, 1.807) is 20.2 Å². The molecule has 0 aromatic carbocycles. The molecule has 0 saturated carbocycles. The lowest BCUT2D eigenvalue weighted by atomic mass is 10.2. The molecule has 1 rings (SSSR count). The van der Waals surface area contributed by atoms with Crippen LogP contribution in [0.15, 0.2) is 11.0 Å². The van der Waals surface area contributed by atoms with E-state index in [4.69, 9.17) is 4.74 Å². The minimum absolute atomic E-state index is 0.149. The average molecular weight is 211 g/mol. The van der Waals surface area contributed by atoms with E-state index in [2.05, 4.69) is 10.2 Å². The number of methoxy groups -OCH3 is 1. The molecule has 0 aliphatic heterocycles. The van der Waals surface area contributed by atoms with E-state index in [0.717, 1.165) is 5.69 Å². The van der Waals surface area contributed by atoms with Crippen molar-refractivity contribution >= 4 is 5.69 Å². The van der Waals surface area contributed by atoms with E-state index in [1.165, 1.54) is 0 Å². The predicted molar refractivity (Wildman–Crippen MR) is 59.3 cm³/mol. The summed E-state index contributed by atoms with van der Waals surface area (Å²) in [5.41, 5.74) is 1.36. The van der Waals surface area contributed by atoms with E-state index in [-0.39, 0.29) is 11.6 Å². The fraction of sp³-hybridized carbons (Fsp3) is 0.600. The molecule has 15 heavy (non-hydrogen) atoms. The number of nitrogens with zero attached hydrogens (tertiary/aromatic N) is 2. The number of ether oxygens (including phenoxy) is 1. The summed E-state index contributed by atoms with van der Waals surface area (Å²) in [4.78, 5) is 13.3. The lowest BCUT2D eigenvalue weighted by Gasteiger charge is -2.26. The number of aromatic nitrogens is 2. The number of hydrogen-bond donors (Lipinski definition) is 1. The van der Waals surface area contributed by atoms with Crippen LogP contribution in [0.3, 0.4) is 0 Å².